The van der Waals surface area contributed by atoms with E-state index in [-0.39, 0.29) is 13.2 Å². The third kappa shape index (κ3) is 2.69. The summed E-state index contributed by atoms with van der Waals surface area (Å²) in [6, 6.07) is 0. The Labute approximate surface area is 91.2 Å². The molecule has 1 N–H and O–H groups in total. The third-order valence-electron chi connectivity index (χ3n) is 1.97. The highest BCUT2D eigenvalue weighted by molar-refractivity contribution is 5.81. The number of aromatic nitrogens is 2. The van der Waals surface area contributed by atoms with E-state index in [0.29, 0.717) is 5.56 Å². The number of esters is 1. The van der Waals surface area contributed by atoms with Crippen molar-refractivity contribution >= 4 is 5.97 Å². The molecule has 1 heterocycles. The number of ether oxygens (including phenoxy) is 1. The van der Waals surface area contributed by atoms with Crippen LogP contribution in [0.15, 0.2) is 28.4 Å². The second-order valence-corrected chi connectivity index (χ2v) is 3.11. The largest absolute Gasteiger partial charge is 0.461 e. The van der Waals surface area contributed by atoms with Crippen molar-refractivity contribution in [1.29, 1.82) is 0 Å². The second-order valence-electron chi connectivity index (χ2n) is 3.11. The van der Waals surface area contributed by atoms with Crippen molar-refractivity contribution < 1.29 is 9.53 Å². The van der Waals surface area contributed by atoms with Gasteiger partial charge >= 0.3 is 11.7 Å². The lowest BCUT2D eigenvalue weighted by Crippen LogP contribution is -2.37. The fraction of sp³-hybridized carbons (Fsp3) is 0.300. The number of aromatic amines is 1. The molecule has 1 aromatic heterocycles. The van der Waals surface area contributed by atoms with E-state index in [9.17, 15) is 14.4 Å². The molecule has 86 valence electrons. The summed E-state index contributed by atoms with van der Waals surface area (Å²) in [4.78, 5) is 35.9. The fourth-order valence-corrected chi connectivity index (χ4v) is 1.11. The Morgan fingerprint density at radius 3 is 2.94 bits per heavy atom. The highest BCUT2D eigenvalue weighted by Crippen LogP contribution is 1.83. The Morgan fingerprint density at radius 2 is 2.31 bits per heavy atom. The molecule has 0 aromatic carbocycles. The van der Waals surface area contributed by atoms with Gasteiger partial charge in [-0.15, -0.1) is 0 Å². The standard InChI is InChI=1S/C10H12N2O4/c1-3-8(13)16-5-4-12-9(14)7(2)6-11-10(12)15/h3,6H,1,4-5H2,2H3,(H,11,15). The van der Waals surface area contributed by atoms with Crippen molar-refractivity contribution in [3.8, 4) is 0 Å². The van der Waals surface area contributed by atoms with Crippen LogP contribution in [0.5, 0.6) is 0 Å². The molecule has 6 heteroatoms. The summed E-state index contributed by atoms with van der Waals surface area (Å²) in [5, 5.41) is 0. The number of hydrogen-bond donors (Lipinski definition) is 1. The van der Waals surface area contributed by atoms with Crippen LogP contribution in [0.3, 0.4) is 0 Å². The van der Waals surface area contributed by atoms with Gasteiger partial charge in [-0.05, 0) is 6.92 Å². The van der Waals surface area contributed by atoms with Gasteiger partial charge in [-0.1, -0.05) is 6.58 Å². The van der Waals surface area contributed by atoms with Crippen LogP contribution >= 0.6 is 0 Å². The molecule has 0 atom stereocenters. The Morgan fingerprint density at radius 1 is 1.62 bits per heavy atom. The van der Waals surface area contributed by atoms with Crippen LogP contribution in [0, 0.1) is 6.92 Å². The molecule has 0 saturated carbocycles. The zero-order valence-corrected chi connectivity index (χ0v) is 8.86. The molecular formula is C10H12N2O4. The van der Waals surface area contributed by atoms with Crippen LogP contribution in [-0.2, 0) is 16.1 Å². The summed E-state index contributed by atoms with van der Waals surface area (Å²) in [5.74, 6) is -0.586. The minimum atomic E-state index is -0.586. The van der Waals surface area contributed by atoms with Gasteiger partial charge in [0.1, 0.15) is 6.61 Å². The lowest BCUT2D eigenvalue weighted by atomic mass is 10.4. The SMILES string of the molecule is C=CC(=O)OCCn1c(=O)[nH]cc(C)c1=O. The Hall–Kier alpha value is -2.11. The summed E-state index contributed by atoms with van der Waals surface area (Å²) in [6.07, 6.45) is 2.36. The molecule has 1 rings (SSSR count). The first-order chi connectivity index (χ1) is 7.56. The van der Waals surface area contributed by atoms with E-state index in [1.54, 1.807) is 6.92 Å². The van der Waals surface area contributed by atoms with E-state index in [4.69, 9.17) is 0 Å². The number of nitrogens with zero attached hydrogens (tertiary/aromatic N) is 1. The van der Waals surface area contributed by atoms with Crippen LogP contribution < -0.4 is 11.2 Å². The van der Waals surface area contributed by atoms with E-state index in [0.717, 1.165) is 10.6 Å². The Kier molecular flexibility index (Phi) is 3.82. The van der Waals surface area contributed by atoms with Gasteiger partial charge in [0.25, 0.3) is 5.56 Å². The van der Waals surface area contributed by atoms with E-state index >= 15 is 0 Å². The molecule has 1 aromatic rings. The maximum atomic E-state index is 11.5. The average Bonchev–Trinajstić information content (AvgIpc) is 2.28. The molecule has 6 nitrogen and oxygen atoms in total. The highest BCUT2D eigenvalue weighted by Gasteiger charge is 2.04. The normalized spacial score (nSPS) is 9.81. The molecule has 0 amide bonds. The predicted molar refractivity (Wildman–Crippen MR) is 57.2 cm³/mol. The molecule has 0 spiro atoms. The summed E-state index contributed by atoms with van der Waals surface area (Å²) in [6.45, 7) is 4.79. The number of H-pyrrole nitrogens is 1. The van der Waals surface area contributed by atoms with Crippen LogP contribution in [0.2, 0.25) is 0 Å². The third-order valence-corrected chi connectivity index (χ3v) is 1.97. The van der Waals surface area contributed by atoms with Gasteiger partial charge in [0.05, 0.1) is 6.54 Å². The first-order valence-electron chi connectivity index (χ1n) is 4.64. The summed E-state index contributed by atoms with van der Waals surface area (Å²) < 4.78 is 5.65. The van der Waals surface area contributed by atoms with Crippen molar-refractivity contribution in [3.05, 3.63) is 45.3 Å². The van der Waals surface area contributed by atoms with Crippen LogP contribution in [0.4, 0.5) is 0 Å². The van der Waals surface area contributed by atoms with Gasteiger partial charge in [0.2, 0.25) is 0 Å². The Balaban J connectivity index is 2.78. The molecular weight excluding hydrogens is 212 g/mol. The lowest BCUT2D eigenvalue weighted by Gasteiger charge is -2.05. The minimum Gasteiger partial charge on any atom is -0.461 e. The van der Waals surface area contributed by atoms with Crippen molar-refractivity contribution in [2.45, 2.75) is 13.5 Å². The van der Waals surface area contributed by atoms with E-state index in [2.05, 4.69) is 16.3 Å². The lowest BCUT2D eigenvalue weighted by molar-refractivity contribution is -0.138. The number of nitrogens with one attached hydrogen (secondary N) is 1. The smallest absolute Gasteiger partial charge is 0.330 e. The quantitative estimate of drug-likeness (QED) is 0.556. The summed E-state index contributed by atoms with van der Waals surface area (Å²) >= 11 is 0. The number of rotatable bonds is 4. The zero-order valence-electron chi connectivity index (χ0n) is 8.86. The average molecular weight is 224 g/mol. The molecule has 0 aliphatic carbocycles. The number of carbonyl (C=O) groups is 1. The molecule has 0 saturated heterocycles. The van der Waals surface area contributed by atoms with Crippen molar-refractivity contribution in [2.24, 2.45) is 0 Å². The summed E-state index contributed by atoms with van der Waals surface area (Å²) in [5.41, 5.74) is -0.488. The van der Waals surface area contributed by atoms with Crippen molar-refractivity contribution in [2.75, 3.05) is 6.61 Å². The van der Waals surface area contributed by atoms with E-state index < -0.39 is 17.2 Å². The maximum Gasteiger partial charge on any atom is 0.330 e. The van der Waals surface area contributed by atoms with Crippen molar-refractivity contribution in [3.63, 3.8) is 0 Å². The number of aryl methyl sites for hydroxylation is 1. The second kappa shape index (κ2) is 5.11. The zero-order chi connectivity index (χ0) is 12.1. The highest BCUT2D eigenvalue weighted by atomic mass is 16.5. The monoisotopic (exact) mass is 224 g/mol. The molecule has 0 bridgehead atoms. The van der Waals surface area contributed by atoms with Gasteiger partial charge in [-0.3, -0.25) is 9.36 Å². The van der Waals surface area contributed by atoms with E-state index in [1.165, 1.54) is 6.20 Å². The van der Waals surface area contributed by atoms with E-state index in [1.807, 2.05) is 0 Å². The first-order valence-corrected chi connectivity index (χ1v) is 4.64. The molecule has 16 heavy (non-hydrogen) atoms. The van der Waals surface area contributed by atoms with Crippen LogP contribution in [0.25, 0.3) is 0 Å². The van der Waals surface area contributed by atoms with Gasteiger partial charge < -0.3 is 9.72 Å². The molecule has 0 aliphatic rings. The van der Waals surface area contributed by atoms with Crippen LogP contribution in [0.1, 0.15) is 5.56 Å². The number of hydrogen-bond acceptors (Lipinski definition) is 4. The predicted octanol–water partition coefficient (Wildman–Crippen LogP) is -0.426. The topological polar surface area (TPSA) is 81.2 Å². The molecule has 0 aliphatic heterocycles. The molecule has 0 unspecified atom stereocenters. The van der Waals surface area contributed by atoms with Gasteiger partial charge in [0.15, 0.2) is 0 Å². The first kappa shape index (κ1) is 12.0. The molecule has 0 radical (unpaired) electrons. The fourth-order valence-electron chi connectivity index (χ4n) is 1.11. The summed E-state index contributed by atoms with van der Waals surface area (Å²) in [7, 11) is 0. The Bertz CT molecular complexity index is 512. The minimum absolute atomic E-state index is 0.0232. The molecule has 0 fully saturated rings. The van der Waals surface area contributed by atoms with Crippen molar-refractivity contribution in [1.82, 2.24) is 9.55 Å². The van der Waals surface area contributed by atoms with Gasteiger partial charge in [-0.25, -0.2) is 9.59 Å². The van der Waals surface area contributed by atoms with Crippen LogP contribution in [-0.4, -0.2) is 22.1 Å². The maximum absolute atomic E-state index is 11.5. The number of carbonyl (C=O) groups excluding carboxylic acids is 1. The van der Waals surface area contributed by atoms with Gasteiger partial charge in [0, 0.05) is 17.8 Å². The van der Waals surface area contributed by atoms with Gasteiger partial charge in [-0.2, -0.15) is 0 Å².